The van der Waals surface area contributed by atoms with Crippen molar-refractivity contribution in [3.63, 3.8) is 0 Å². The van der Waals surface area contributed by atoms with Gasteiger partial charge in [-0.25, -0.2) is 9.48 Å². The Balaban J connectivity index is 3.17. The third-order valence-corrected chi connectivity index (χ3v) is 1.94. The third-order valence-electron chi connectivity index (χ3n) is 1.94. The molecule has 5 nitrogen and oxygen atoms in total. The Kier molecular flexibility index (Phi) is 3.24. The second kappa shape index (κ2) is 4.25. The van der Waals surface area contributed by atoms with Crippen LogP contribution in [0.4, 0.5) is 0 Å². The minimum Gasteiger partial charge on any atom is -0.476 e. The normalized spacial score (nSPS) is 10.7. The Bertz CT molecular complexity index is 393. The van der Waals surface area contributed by atoms with Crippen molar-refractivity contribution in [3.05, 3.63) is 23.5 Å². The van der Waals surface area contributed by atoms with Crippen molar-refractivity contribution < 1.29 is 9.90 Å². The van der Waals surface area contributed by atoms with E-state index in [0.29, 0.717) is 12.2 Å². The topological polar surface area (TPSA) is 68.0 Å². The molecule has 1 heterocycles. The van der Waals surface area contributed by atoms with E-state index >= 15 is 0 Å². The second-order valence-corrected chi connectivity index (χ2v) is 3.90. The van der Waals surface area contributed by atoms with E-state index in [1.165, 1.54) is 0 Å². The molecule has 0 spiro atoms. The summed E-state index contributed by atoms with van der Waals surface area (Å²) in [5.41, 5.74) is 1.59. The first-order chi connectivity index (χ1) is 6.93. The summed E-state index contributed by atoms with van der Waals surface area (Å²) in [5, 5.41) is 16.4. The van der Waals surface area contributed by atoms with Gasteiger partial charge in [-0.2, -0.15) is 0 Å². The summed E-state index contributed by atoms with van der Waals surface area (Å²) in [6, 6.07) is 0. The predicted molar refractivity (Wildman–Crippen MR) is 55.9 cm³/mol. The van der Waals surface area contributed by atoms with Crippen molar-refractivity contribution in [3.8, 4) is 0 Å². The van der Waals surface area contributed by atoms with Crippen molar-refractivity contribution in [2.24, 2.45) is 0 Å². The lowest BCUT2D eigenvalue weighted by atomic mass is 10.1. The first kappa shape index (κ1) is 11.4. The Morgan fingerprint density at radius 3 is 2.60 bits per heavy atom. The highest BCUT2D eigenvalue weighted by molar-refractivity contribution is 5.86. The average Bonchev–Trinajstić information content (AvgIpc) is 2.46. The van der Waals surface area contributed by atoms with Crippen LogP contribution in [-0.4, -0.2) is 26.1 Å². The fraction of sp³-hybridized carbons (Fsp3) is 0.500. The summed E-state index contributed by atoms with van der Waals surface area (Å²) >= 11 is 0. The lowest BCUT2D eigenvalue weighted by Crippen LogP contribution is -2.10. The van der Waals surface area contributed by atoms with Crippen LogP contribution in [0.25, 0.3) is 0 Å². The van der Waals surface area contributed by atoms with Gasteiger partial charge in [-0.15, -0.1) is 5.10 Å². The largest absolute Gasteiger partial charge is 0.476 e. The minimum absolute atomic E-state index is 0.0336. The first-order valence-electron chi connectivity index (χ1n) is 4.74. The van der Waals surface area contributed by atoms with Gasteiger partial charge in [0.05, 0.1) is 12.2 Å². The summed E-state index contributed by atoms with van der Waals surface area (Å²) in [6.07, 6.45) is 0. The third kappa shape index (κ3) is 2.43. The van der Waals surface area contributed by atoms with Gasteiger partial charge < -0.3 is 5.11 Å². The first-order valence-corrected chi connectivity index (χ1v) is 4.74. The van der Waals surface area contributed by atoms with Gasteiger partial charge in [-0.05, 0) is 12.8 Å². The summed E-state index contributed by atoms with van der Waals surface area (Å²) in [6.45, 7) is 9.98. The summed E-state index contributed by atoms with van der Waals surface area (Å²) in [4.78, 5) is 10.9. The van der Waals surface area contributed by atoms with Crippen LogP contribution in [-0.2, 0) is 6.54 Å². The van der Waals surface area contributed by atoms with Gasteiger partial charge >= 0.3 is 5.97 Å². The van der Waals surface area contributed by atoms with Crippen molar-refractivity contribution in [1.82, 2.24) is 15.0 Å². The molecule has 1 rings (SSSR count). The molecule has 0 aliphatic heterocycles. The molecule has 0 amide bonds. The Labute approximate surface area is 88.4 Å². The number of carbonyl (C=O) groups is 1. The molecule has 1 aromatic heterocycles. The second-order valence-electron chi connectivity index (χ2n) is 3.90. The standard InChI is InChI=1S/C10H15N3O2/c1-6(2)5-13-9(7(3)4)8(10(14)15)11-12-13/h7H,1,5H2,2-4H3,(H,14,15). The van der Waals surface area contributed by atoms with Gasteiger partial charge in [0.15, 0.2) is 5.69 Å². The smallest absolute Gasteiger partial charge is 0.358 e. The molecular weight excluding hydrogens is 194 g/mol. The fourth-order valence-electron chi connectivity index (χ4n) is 1.42. The molecular formula is C10H15N3O2. The van der Waals surface area contributed by atoms with Gasteiger partial charge in [0.1, 0.15) is 0 Å². The molecule has 0 aliphatic rings. The van der Waals surface area contributed by atoms with Crippen LogP contribution in [0.15, 0.2) is 12.2 Å². The minimum atomic E-state index is -1.04. The van der Waals surface area contributed by atoms with Gasteiger partial charge in [0.2, 0.25) is 0 Å². The van der Waals surface area contributed by atoms with E-state index < -0.39 is 5.97 Å². The van der Waals surface area contributed by atoms with Gasteiger partial charge in [-0.1, -0.05) is 31.2 Å². The summed E-state index contributed by atoms with van der Waals surface area (Å²) in [7, 11) is 0. The van der Waals surface area contributed by atoms with E-state index in [1.54, 1.807) is 4.68 Å². The molecule has 15 heavy (non-hydrogen) atoms. The molecule has 1 aromatic rings. The molecule has 0 bridgehead atoms. The molecule has 0 atom stereocenters. The maximum atomic E-state index is 10.9. The maximum absolute atomic E-state index is 10.9. The van der Waals surface area contributed by atoms with Crippen LogP contribution in [0.2, 0.25) is 0 Å². The number of hydrogen-bond donors (Lipinski definition) is 1. The Morgan fingerprint density at radius 2 is 2.20 bits per heavy atom. The fourth-order valence-corrected chi connectivity index (χ4v) is 1.42. The zero-order chi connectivity index (χ0) is 11.6. The van der Waals surface area contributed by atoms with Crippen LogP contribution in [0, 0.1) is 0 Å². The van der Waals surface area contributed by atoms with Crippen LogP contribution < -0.4 is 0 Å². The number of rotatable bonds is 4. The highest BCUT2D eigenvalue weighted by Crippen LogP contribution is 2.18. The SMILES string of the molecule is C=C(C)Cn1nnc(C(=O)O)c1C(C)C. The van der Waals surface area contributed by atoms with Gasteiger partial charge in [0.25, 0.3) is 0 Å². The maximum Gasteiger partial charge on any atom is 0.358 e. The van der Waals surface area contributed by atoms with E-state index in [1.807, 2.05) is 20.8 Å². The average molecular weight is 209 g/mol. The monoisotopic (exact) mass is 209 g/mol. The van der Waals surface area contributed by atoms with Gasteiger partial charge in [0, 0.05) is 0 Å². The molecule has 0 saturated heterocycles. The molecule has 1 N–H and O–H groups in total. The van der Waals surface area contributed by atoms with Crippen molar-refractivity contribution in [2.45, 2.75) is 33.2 Å². The molecule has 0 aliphatic carbocycles. The molecule has 0 saturated carbocycles. The Hall–Kier alpha value is -1.65. The molecule has 0 unspecified atom stereocenters. The highest BCUT2D eigenvalue weighted by Gasteiger charge is 2.21. The van der Waals surface area contributed by atoms with E-state index in [2.05, 4.69) is 16.9 Å². The van der Waals surface area contributed by atoms with E-state index in [9.17, 15) is 4.79 Å². The van der Waals surface area contributed by atoms with Crippen molar-refractivity contribution in [2.75, 3.05) is 0 Å². The molecule has 0 radical (unpaired) electrons. The number of nitrogens with zero attached hydrogens (tertiary/aromatic N) is 3. The van der Waals surface area contributed by atoms with Crippen molar-refractivity contribution in [1.29, 1.82) is 0 Å². The molecule has 0 aromatic carbocycles. The molecule has 82 valence electrons. The Morgan fingerprint density at radius 1 is 1.60 bits per heavy atom. The predicted octanol–water partition coefficient (Wildman–Crippen LogP) is 1.68. The number of aromatic nitrogens is 3. The van der Waals surface area contributed by atoms with Crippen LogP contribution in [0.5, 0.6) is 0 Å². The number of carboxylic acids is 1. The van der Waals surface area contributed by atoms with E-state index in [-0.39, 0.29) is 11.6 Å². The van der Waals surface area contributed by atoms with Crippen LogP contribution in [0.1, 0.15) is 42.9 Å². The van der Waals surface area contributed by atoms with Crippen molar-refractivity contribution >= 4 is 5.97 Å². The van der Waals surface area contributed by atoms with Crippen LogP contribution in [0.3, 0.4) is 0 Å². The zero-order valence-electron chi connectivity index (χ0n) is 9.19. The molecule has 5 heteroatoms. The van der Waals surface area contributed by atoms with Crippen LogP contribution >= 0.6 is 0 Å². The number of carboxylic acid groups (broad SMARTS) is 1. The lowest BCUT2D eigenvalue weighted by Gasteiger charge is -2.09. The number of allylic oxidation sites excluding steroid dienone is 1. The summed E-state index contributed by atoms with van der Waals surface area (Å²) < 4.78 is 1.59. The molecule has 0 fully saturated rings. The van der Waals surface area contributed by atoms with E-state index in [4.69, 9.17) is 5.11 Å². The van der Waals surface area contributed by atoms with E-state index in [0.717, 1.165) is 5.57 Å². The zero-order valence-corrected chi connectivity index (χ0v) is 9.19. The number of aromatic carboxylic acids is 1. The number of hydrogen-bond acceptors (Lipinski definition) is 3. The quantitative estimate of drug-likeness (QED) is 0.766. The lowest BCUT2D eigenvalue weighted by molar-refractivity contribution is 0.0688. The van der Waals surface area contributed by atoms with Gasteiger partial charge in [-0.3, -0.25) is 0 Å². The highest BCUT2D eigenvalue weighted by atomic mass is 16.4. The summed E-state index contributed by atoms with van der Waals surface area (Å²) in [5.74, 6) is -0.961.